The molecule has 2 aromatic carbocycles. The molecule has 6 heteroatoms. The Morgan fingerprint density at radius 2 is 1.65 bits per heavy atom. The van der Waals surface area contributed by atoms with Gasteiger partial charge in [-0.3, -0.25) is 14.5 Å². The Morgan fingerprint density at radius 3 is 2.32 bits per heavy atom. The zero-order valence-electron chi connectivity index (χ0n) is 18.3. The number of ether oxygens (including phenoxy) is 1. The number of morpholine rings is 1. The van der Waals surface area contributed by atoms with Gasteiger partial charge in [0.15, 0.2) is 0 Å². The van der Waals surface area contributed by atoms with E-state index in [0.29, 0.717) is 16.8 Å². The zero-order valence-corrected chi connectivity index (χ0v) is 18.3. The minimum Gasteiger partial charge on any atom is -0.373 e. The molecule has 164 valence electrons. The first-order valence-corrected chi connectivity index (χ1v) is 11.1. The van der Waals surface area contributed by atoms with Crippen LogP contribution in [0.1, 0.15) is 47.4 Å². The third-order valence-corrected chi connectivity index (χ3v) is 6.03. The minimum atomic E-state index is -0.159. The molecule has 3 unspecified atom stereocenters. The maximum Gasteiger partial charge on any atom is 0.255 e. The maximum atomic E-state index is 13.2. The third-order valence-electron chi connectivity index (χ3n) is 6.03. The van der Waals surface area contributed by atoms with Gasteiger partial charge in [0.2, 0.25) is 0 Å². The number of hydrogen-bond donors (Lipinski definition) is 1. The molecule has 2 saturated heterocycles. The molecule has 2 aliphatic heterocycles. The quantitative estimate of drug-likeness (QED) is 0.801. The zero-order chi connectivity index (χ0) is 21.8. The molecule has 2 aromatic rings. The molecular formula is C25H31N3O3. The SMILES string of the molecule is CC1CN(CC2CCCN2C(=O)c2ccc(NC(=O)c3ccccc3)cc2)CC(C)O1. The van der Waals surface area contributed by atoms with Gasteiger partial charge in [-0.2, -0.15) is 0 Å². The van der Waals surface area contributed by atoms with Gasteiger partial charge in [-0.25, -0.2) is 0 Å². The summed E-state index contributed by atoms with van der Waals surface area (Å²) >= 11 is 0. The van der Waals surface area contributed by atoms with Crippen molar-refractivity contribution in [2.75, 3.05) is 31.5 Å². The predicted molar refractivity (Wildman–Crippen MR) is 121 cm³/mol. The van der Waals surface area contributed by atoms with Crippen LogP contribution in [-0.2, 0) is 4.74 Å². The summed E-state index contributed by atoms with van der Waals surface area (Å²) < 4.78 is 5.84. The van der Waals surface area contributed by atoms with Crippen molar-refractivity contribution in [3.05, 3.63) is 65.7 Å². The summed E-state index contributed by atoms with van der Waals surface area (Å²) in [6.45, 7) is 7.74. The fourth-order valence-electron chi connectivity index (χ4n) is 4.68. The van der Waals surface area contributed by atoms with E-state index in [1.165, 1.54) is 0 Å². The summed E-state index contributed by atoms with van der Waals surface area (Å²) in [5, 5.41) is 2.88. The predicted octanol–water partition coefficient (Wildman–Crippen LogP) is 3.65. The Balaban J connectivity index is 1.37. The average molecular weight is 422 g/mol. The van der Waals surface area contributed by atoms with Gasteiger partial charge in [-0.05, 0) is 63.1 Å². The van der Waals surface area contributed by atoms with Crippen LogP contribution in [0.4, 0.5) is 5.69 Å². The van der Waals surface area contributed by atoms with Crippen molar-refractivity contribution in [1.29, 1.82) is 0 Å². The number of benzene rings is 2. The van der Waals surface area contributed by atoms with Crippen LogP contribution in [0.3, 0.4) is 0 Å². The molecule has 0 spiro atoms. The maximum absolute atomic E-state index is 13.2. The molecule has 1 N–H and O–H groups in total. The van der Waals surface area contributed by atoms with E-state index in [1.54, 1.807) is 36.4 Å². The fourth-order valence-corrected chi connectivity index (χ4v) is 4.68. The molecule has 0 aliphatic carbocycles. The Morgan fingerprint density at radius 1 is 0.968 bits per heavy atom. The summed E-state index contributed by atoms with van der Waals surface area (Å²) in [5.74, 6) is -0.0916. The average Bonchev–Trinajstić information content (AvgIpc) is 3.21. The summed E-state index contributed by atoms with van der Waals surface area (Å²) in [7, 11) is 0. The normalized spacial score (nSPS) is 24.2. The monoisotopic (exact) mass is 421 g/mol. The second-order valence-corrected chi connectivity index (χ2v) is 8.67. The Hall–Kier alpha value is -2.70. The third kappa shape index (κ3) is 5.32. The molecule has 0 aromatic heterocycles. The van der Waals surface area contributed by atoms with E-state index < -0.39 is 0 Å². The molecule has 0 bridgehead atoms. The number of hydrogen-bond acceptors (Lipinski definition) is 4. The van der Waals surface area contributed by atoms with Crippen molar-refractivity contribution in [3.8, 4) is 0 Å². The summed E-state index contributed by atoms with van der Waals surface area (Å²) in [6.07, 6.45) is 2.54. The Bertz CT molecular complexity index is 890. The number of rotatable bonds is 5. The van der Waals surface area contributed by atoms with Crippen molar-refractivity contribution < 1.29 is 14.3 Å². The standard InChI is InChI=1S/C25H31N3O3/c1-18-15-27(16-19(2)31-18)17-23-9-6-14-28(23)25(30)21-10-12-22(13-11-21)26-24(29)20-7-4-3-5-8-20/h3-5,7-8,10-13,18-19,23H,6,9,14-17H2,1-2H3,(H,26,29). The van der Waals surface area contributed by atoms with E-state index in [2.05, 4.69) is 24.1 Å². The lowest BCUT2D eigenvalue weighted by Gasteiger charge is -2.38. The van der Waals surface area contributed by atoms with Crippen LogP contribution in [0.5, 0.6) is 0 Å². The molecule has 2 fully saturated rings. The second kappa shape index (κ2) is 9.62. The van der Waals surface area contributed by atoms with Crippen molar-refractivity contribution in [3.63, 3.8) is 0 Å². The molecule has 2 amide bonds. The van der Waals surface area contributed by atoms with Gasteiger partial charge in [-0.15, -0.1) is 0 Å². The molecule has 6 nitrogen and oxygen atoms in total. The second-order valence-electron chi connectivity index (χ2n) is 8.67. The number of amides is 2. The van der Waals surface area contributed by atoms with E-state index in [4.69, 9.17) is 4.74 Å². The van der Waals surface area contributed by atoms with Crippen LogP contribution in [0.15, 0.2) is 54.6 Å². The van der Waals surface area contributed by atoms with Crippen molar-refractivity contribution in [2.24, 2.45) is 0 Å². The van der Waals surface area contributed by atoms with Crippen LogP contribution in [0.25, 0.3) is 0 Å². The lowest BCUT2D eigenvalue weighted by molar-refractivity contribution is -0.0715. The number of likely N-dealkylation sites (tertiary alicyclic amines) is 1. The number of nitrogens with one attached hydrogen (secondary N) is 1. The lowest BCUT2D eigenvalue weighted by atomic mass is 10.1. The molecule has 3 atom stereocenters. The van der Waals surface area contributed by atoms with E-state index in [-0.39, 0.29) is 30.1 Å². The topological polar surface area (TPSA) is 61.9 Å². The lowest BCUT2D eigenvalue weighted by Crippen LogP contribution is -2.50. The van der Waals surface area contributed by atoms with Gasteiger partial charge >= 0.3 is 0 Å². The number of carbonyl (C=O) groups excluding carboxylic acids is 2. The van der Waals surface area contributed by atoms with Crippen LogP contribution < -0.4 is 5.32 Å². The van der Waals surface area contributed by atoms with E-state index in [9.17, 15) is 9.59 Å². The van der Waals surface area contributed by atoms with E-state index >= 15 is 0 Å². The summed E-state index contributed by atoms with van der Waals surface area (Å²) in [5.41, 5.74) is 1.95. The fraction of sp³-hybridized carbons (Fsp3) is 0.440. The Kier molecular flexibility index (Phi) is 6.68. The van der Waals surface area contributed by atoms with E-state index in [0.717, 1.165) is 39.0 Å². The van der Waals surface area contributed by atoms with Gasteiger partial charge in [0, 0.05) is 49.0 Å². The van der Waals surface area contributed by atoms with Gasteiger partial charge in [-0.1, -0.05) is 18.2 Å². The highest BCUT2D eigenvalue weighted by atomic mass is 16.5. The minimum absolute atomic E-state index is 0.0674. The number of carbonyl (C=O) groups is 2. The largest absolute Gasteiger partial charge is 0.373 e. The first kappa shape index (κ1) is 21.5. The van der Waals surface area contributed by atoms with Gasteiger partial charge < -0.3 is 15.0 Å². The van der Waals surface area contributed by atoms with Crippen molar-refractivity contribution in [2.45, 2.75) is 44.9 Å². The first-order valence-electron chi connectivity index (χ1n) is 11.1. The van der Waals surface area contributed by atoms with Crippen LogP contribution in [0.2, 0.25) is 0 Å². The van der Waals surface area contributed by atoms with Crippen LogP contribution in [-0.4, -0.2) is 66.0 Å². The highest BCUT2D eigenvalue weighted by molar-refractivity contribution is 6.04. The highest BCUT2D eigenvalue weighted by Gasteiger charge is 2.32. The first-order chi connectivity index (χ1) is 15.0. The van der Waals surface area contributed by atoms with E-state index in [1.807, 2.05) is 23.1 Å². The van der Waals surface area contributed by atoms with Gasteiger partial charge in [0.25, 0.3) is 11.8 Å². The van der Waals surface area contributed by atoms with Gasteiger partial charge in [0.1, 0.15) is 0 Å². The molecule has 4 rings (SSSR count). The van der Waals surface area contributed by atoms with Crippen molar-refractivity contribution >= 4 is 17.5 Å². The molecule has 31 heavy (non-hydrogen) atoms. The number of anilines is 1. The van der Waals surface area contributed by atoms with Crippen molar-refractivity contribution in [1.82, 2.24) is 9.80 Å². The molecule has 0 radical (unpaired) electrons. The molecular weight excluding hydrogens is 390 g/mol. The molecule has 2 aliphatic rings. The molecule has 2 heterocycles. The number of nitrogens with zero attached hydrogens (tertiary/aromatic N) is 2. The smallest absolute Gasteiger partial charge is 0.255 e. The van der Waals surface area contributed by atoms with Crippen LogP contribution in [0, 0.1) is 0 Å². The summed E-state index contributed by atoms with van der Waals surface area (Å²) in [6, 6.07) is 16.5. The highest BCUT2D eigenvalue weighted by Crippen LogP contribution is 2.23. The Labute approximate surface area is 184 Å². The summed E-state index contributed by atoms with van der Waals surface area (Å²) in [4.78, 5) is 29.9. The van der Waals surface area contributed by atoms with Gasteiger partial charge in [0.05, 0.1) is 12.2 Å². The molecule has 0 saturated carbocycles. The van der Waals surface area contributed by atoms with Crippen LogP contribution >= 0.6 is 0 Å².